The standard InChI is InChI=1S/C40H46N8O10S/c1-27-21-32(57-20-8-12-36(49)42-15-16-43-40(53)58-26-29-9-4-3-5-10-29)22-28(2)37(27)59(55,56)46-33(39(51)52)25-44-38(50)30-13-14-34-31(23-30)24-45-47(34)19-17-41-35-11-6-7-18-48(35)54/h3-7,9-11,13-14,18,21-24,33,41,46H,8,12,15-17,19-20,25-26H2,1-2H3,(H,42,49)(H,43,53)(H,44,50)(H,51,52)/t33-/m0/s1. The van der Waals surface area contributed by atoms with Crippen LogP contribution in [0.3, 0.4) is 0 Å². The van der Waals surface area contributed by atoms with Crippen molar-refractivity contribution in [1.29, 1.82) is 0 Å². The lowest BCUT2D eigenvalue weighted by Gasteiger charge is -2.19. The smallest absolute Gasteiger partial charge is 0.407 e. The fraction of sp³-hybridized carbons (Fsp3) is 0.300. The number of hydrogen-bond acceptors (Lipinski definition) is 11. The summed E-state index contributed by atoms with van der Waals surface area (Å²) in [6.07, 6.45) is 2.88. The molecule has 0 fully saturated rings. The molecule has 0 saturated carbocycles. The Labute approximate surface area is 340 Å². The zero-order chi connectivity index (χ0) is 42.4. The third kappa shape index (κ3) is 12.6. The monoisotopic (exact) mass is 830 g/mol. The van der Waals surface area contributed by atoms with E-state index in [9.17, 15) is 37.9 Å². The van der Waals surface area contributed by atoms with Crippen molar-refractivity contribution < 1.29 is 46.9 Å². The van der Waals surface area contributed by atoms with Gasteiger partial charge in [0.1, 0.15) is 24.9 Å². The van der Waals surface area contributed by atoms with Crippen LogP contribution in [0.15, 0.2) is 96.2 Å². The Morgan fingerprint density at radius 1 is 0.915 bits per heavy atom. The van der Waals surface area contributed by atoms with Crippen LogP contribution in [0.4, 0.5) is 10.6 Å². The molecule has 5 rings (SSSR count). The van der Waals surface area contributed by atoms with Crippen LogP contribution in [0.1, 0.15) is 39.9 Å². The number of sulfonamides is 1. The Kier molecular flexibility index (Phi) is 15.2. The zero-order valence-corrected chi connectivity index (χ0v) is 33.3. The van der Waals surface area contributed by atoms with Crippen molar-refractivity contribution in [2.75, 3.05) is 38.1 Å². The molecule has 0 aliphatic rings. The Hall–Kier alpha value is -6.73. The van der Waals surface area contributed by atoms with Gasteiger partial charge in [0.15, 0.2) is 0 Å². The number of anilines is 1. The lowest BCUT2D eigenvalue weighted by molar-refractivity contribution is -0.590. The number of hydrogen-bond donors (Lipinski definition) is 6. The summed E-state index contributed by atoms with van der Waals surface area (Å²) >= 11 is 0. The predicted molar refractivity (Wildman–Crippen MR) is 216 cm³/mol. The average Bonchev–Trinajstić information content (AvgIpc) is 3.61. The molecule has 0 aliphatic carbocycles. The number of fused-ring (bicyclic) bond motifs is 1. The van der Waals surface area contributed by atoms with E-state index in [2.05, 4.69) is 31.1 Å². The fourth-order valence-corrected chi connectivity index (χ4v) is 7.70. The zero-order valence-electron chi connectivity index (χ0n) is 32.5. The van der Waals surface area contributed by atoms with Gasteiger partial charge >= 0.3 is 12.1 Å². The molecule has 0 unspecified atom stereocenters. The van der Waals surface area contributed by atoms with E-state index in [1.54, 1.807) is 61.1 Å². The quantitative estimate of drug-likeness (QED) is 0.0355. The maximum absolute atomic E-state index is 13.5. The first kappa shape index (κ1) is 43.4. The van der Waals surface area contributed by atoms with Gasteiger partial charge in [0.25, 0.3) is 11.7 Å². The largest absolute Gasteiger partial charge is 0.711 e. The number of nitrogens with one attached hydrogen (secondary N) is 5. The summed E-state index contributed by atoms with van der Waals surface area (Å²) in [7, 11) is -4.38. The Balaban J connectivity index is 1.05. The number of rotatable bonds is 21. The van der Waals surface area contributed by atoms with Gasteiger partial charge in [-0.25, -0.2) is 17.9 Å². The minimum Gasteiger partial charge on any atom is -0.711 e. The van der Waals surface area contributed by atoms with Crippen LogP contribution in [0.5, 0.6) is 5.75 Å². The number of alkyl carbamates (subject to hydrolysis) is 1. The maximum Gasteiger partial charge on any atom is 0.407 e. The lowest BCUT2D eigenvalue weighted by Crippen LogP contribution is -2.48. The Bertz CT molecular complexity index is 2350. The summed E-state index contributed by atoms with van der Waals surface area (Å²) in [5, 5.41) is 37.5. The number of carbonyl (C=O) groups excluding carboxylic acids is 3. The van der Waals surface area contributed by atoms with Crippen LogP contribution in [-0.2, 0) is 37.5 Å². The number of carboxylic acids is 1. The minimum atomic E-state index is -4.38. The normalized spacial score (nSPS) is 11.7. The summed E-state index contributed by atoms with van der Waals surface area (Å²) in [6.45, 7) is 4.09. The highest BCUT2D eigenvalue weighted by Gasteiger charge is 2.29. The van der Waals surface area contributed by atoms with Gasteiger partial charge in [-0.1, -0.05) is 36.4 Å². The predicted octanol–water partition coefficient (Wildman–Crippen LogP) is 2.76. The van der Waals surface area contributed by atoms with Gasteiger partial charge in [-0.3, -0.25) is 24.4 Å². The maximum atomic E-state index is 13.5. The van der Waals surface area contributed by atoms with Gasteiger partial charge in [-0.05, 0) is 73.4 Å². The molecule has 3 amide bonds. The number of ether oxygens (including phenoxy) is 2. The number of aryl methyl sites for hydroxylation is 2. The van der Waals surface area contributed by atoms with E-state index in [0.717, 1.165) is 15.8 Å². The first-order valence-corrected chi connectivity index (χ1v) is 20.2. The summed E-state index contributed by atoms with van der Waals surface area (Å²) in [5.74, 6) is -1.59. The van der Waals surface area contributed by atoms with Crippen LogP contribution in [0.2, 0.25) is 0 Å². The highest BCUT2D eigenvalue weighted by molar-refractivity contribution is 7.89. The summed E-state index contributed by atoms with van der Waals surface area (Å²) in [5.41, 5.74) is 2.40. The van der Waals surface area contributed by atoms with Gasteiger partial charge in [0.05, 0.1) is 36.0 Å². The molecule has 19 heteroatoms. The van der Waals surface area contributed by atoms with E-state index in [1.807, 2.05) is 30.3 Å². The highest BCUT2D eigenvalue weighted by Crippen LogP contribution is 2.26. The van der Waals surface area contributed by atoms with E-state index in [1.165, 1.54) is 18.3 Å². The molecule has 2 aromatic heterocycles. The van der Waals surface area contributed by atoms with E-state index in [4.69, 9.17) is 9.47 Å². The number of pyridine rings is 1. The fourth-order valence-electron chi connectivity index (χ4n) is 6.05. The van der Waals surface area contributed by atoms with Gasteiger partial charge in [-0.2, -0.15) is 9.82 Å². The first-order valence-electron chi connectivity index (χ1n) is 18.7. The Morgan fingerprint density at radius 3 is 2.37 bits per heavy atom. The molecule has 0 saturated heterocycles. The van der Waals surface area contributed by atoms with Gasteiger partial charge in [0.2, 0.25) is 15.9 Å². The minimum absolute atomic E-state index is 0.131. The van der Waals surface area contributed by atoms with Crippen molar-refractivity contribution in [2.24, 2.45) is 0 Å². The van der Waals surface area contributed by atoms with Gasteiger partial charge in [-0.15, -0.1) is 0 Å². The number of aromatic nitrogens is 3. The topological polar surface area (TPSA) is 246 Å². The molecule has 1 atom stereocenters. The van der Waals surface area contributed by atoms with Crippen molar-refractivity contribution in [2.45, 2.75) is 50.8 Å². The SMILES string of the molecule is Cc1cc(OCCCC(=O)NCCNC(=O)OCc2ccccc2)cc(C)c1S(=O)(=O)N[C@@H](CNC(=O)c1ccc2c(cnn2CCNc2cccc[n+]2[O-])c1)C(=O)O. The van der Waals surface area contributed by atoms with Crippen molar-refractivity contribution in [1.82, 2.24) is 30.5 Å². The number of aliphatic carboxylic acids is 1. The molecule has 312 valence electrons. The molecule has 0 spiro atoms. The summed E-state index contributed by atoms with van der Waals surface area (Å²) < 4.78 is 42.5. The van der Waals surface area contributed by atoms with Crippen molar-refractivity contribution in [3.8, 4) is 5.75 Å². The Morgan fingerprint density at radius 2 is 1.64 bits per heavy atom. The average molecular weight is 831 g/mol. The van der Waals surface area contributed by atoms with E-state index >= 15 is 0 Å². The lowest BCUT2D eigenvalue weighted by atomic mass is 10.1. The third-order valence-electron chi connectivity index (χ3n) is 8.87. The van der Waals surface area contributed by atoms with Crippen molar-refractivity contribution >= 4 is 50.6 Å². The molecule has 59 heavy (non-hydrogen) atoms. The molecular formula is C40H46N8O10S. The molecule has 5 aromatic rings. The van der Waals surface area contributed by atoms with E-state index in [0.29, 0.717) is 47.6 Å². The molecule has 3 aromatic carbocycles. The van der Waals surface area contributed by atoms with Crippen LogP contribution in [0, 0.1) is 19.1 Å². The van der Waals surface area contributed by atoms with Crippen LogP contribution >= 0.6 is 0 Å². The summed E-state index contributed by atoms with van der Waals surface area (Å²) in [4.78, 5) is 49.1. The summed E-state index contributed by atoms with van der Waals surface area (Å²) in [6, 6.07) is 20.4. The highest BCUT2D eigenvalue weighted by atomic mass is 32.2. The van der Waals surface area contributed by atoms with Gasteiger partial charge in [0, 0.05) is 43.1 Å². The van der Waals surface area contributed by atoms with Crippen LogP contribution < -0.4 is 35.5 Å². The van der Waals surface area contributed by atoms with E-state index < -0.39 is 40.6 Å². The molecule has 0 aliphatic heterocycles. The molecule has 0 bridgehead atoms. The van der Waals surface area contributed by atoms with Crippen molar-refractivity contribution in [3.63, 3.8) is 0 Å². The second-order valence-electron chi connectivity index (χ2n) is 13.4. The molecule has 18 nitrogen and oxygen atoms in total. The number of amides is 3. The van der Waals surface area contributed by atoms with Crippen molar-refractivity contribution in [3.05, 3.63) is 119 Å². The number of benzene rings is 3. The first-order chi connectivity index (χ1) is 28.3. The molecule has 0 radical (unpaired) electrons. The third-order valence-corrected chi connectivity index (χ3v) is 10.6. The second-order valence-corrected chi connectivity index (χ2v) is 15.0. The van der Waals surface area contributed by atoms with Crippen LogP contribution in [0.25, 0.3) is 10.9 Å². The molecule has 2 heterocycles. The number of carbonyl (C=O) groups is 4. The van der Waals surface area contributed by atoms with E-state index in [-0.39, 0.29) is 49.1 Å². The molecular weight excluding hydrogens is 785 g/mol. The number of carboxylic acid groups (broad SMARTS) is 1. The number of nitrogens with zero attached hydrogens (tertiary/aromatic N) is 3. The molecule has 6 N–H and O–H groups in total. The van der Waals surface area contributed by atoms with Crippen LogP contribution in [-0.4, -0.2) is 86.0 Å². The van der Waals surface area contributed by atoms with Gasteiger partial charge < -0.3 is 35.7 Å². The second kappa shape index (κ2) is 20.6.